The van der Waals surface area contributed by atoms with Gasteiger partial charge in [0.05, 0.1) is 44.1 Å². The van der Waals surface area contributed by atoms with Crippen LogP contribution in [0, 0.1) is 0 Å². The zero-order valence-electron chi connectivity index (χ0n) is 22.3. The van der Waals surface area contributed by atoms with Gasteiger partial charge >= 0.3 is 0 Å². The van der Waals surface area contributed by atoms with Crippen LogP contribution in [0.5, 0.6) is 5.88 Å². The minimum absolute atomic E-state index is 0.0107. The van der Waals surface area contributed by atoms with E-state index in [0.29, 0.717) is 42.2 Å². The molecule has 4 heterocycles. The van der Waals surface area contributed by atoms with E-state index in [1.807, 2.05) is 6.92 Å². The molecule has 0 aromatic carbocycles. The largest absolute Gasteiger partial charge is 0.481 e. The molecule has 0 spiro atoms. The third kappa shape index (κ3) is 6.81. The zero-order valence-corrected chi connectivity index (χ0v) is 23.9. The van der Waals surface area contributed by atoms with Crippen molar-refractivity contribution >= 4 is 27.6 Å². The van der Waals surface area contributed by atoms with Crippen LogP contribution in [-0.2, 0) is 24.2 Å². The molecule has 0 saturated carbocycles. The first-order valence-corrected chi connectivity index (χ1v) is 14.3. The molecule has 0 unspecified atom stereocenters. The Morgan fingerprint density at radius 3 is 2.51 bits per heavy atom. The topological polar surface area (TPSA) is 152 Å². The number of hydrogen-bond acceptors (Lipinski definition) is 11. The maximum absolute atomic E-state index is 13.7. The van der Waals surface area contributed by atoms with E-state index in [0.717, 1.165) is 0 Å². The number of nitrogens with zero attached hydrogens (tertiary/aromatic N) is 6. The molecule has 1 saturated heterocycles. The van der Waals surface area contributed by atoms with Crippen molar-refractivity contribution in [2.45, 2.75) is 57.3 Å². The summed E-state index contributed by atoms with van der Waals surface area (Å²) in [7, 11) is -2.61. The van der Waals surface area contributed by atoms with Gasteiger partial charge in [-0.05, 0) is 33.8 Å². The molecule has 1 fully saturated rings. The number of hydrogen-bond donors (Lipinski definition) is 1. The first-order valence-electron chi connectivity index (χ1n) is 12.4. The van der Waals surface area contributed by atoms with Crippen molar-refractivity contribution in [2.75, 3.05) is 31.7 Å². The van der Waals surface area contributed by atoms with Crippen molar-refractivity contribution < 1.29 is 27.4 Å². The number of anilines is 1. The Balaban J connectivity index is 1.72. The third-order valence-electron chi connectivity index (χ3n) is 6.11. The van der Waals surface area contributed by atoms with Crippen LogP contribution in [0.1, 0.15) is 45.7 Å². The van der Waals surface area contributed by atoms with Gasteiger partial charge in [-0.2, -0.15) is 0 Å². The Bertz CT molecular complexity index is 1350. The van der Waals surface area contributed by atoms with Crippen LogP contribution in [0.2, 0.25) is 5.02 Å². The summed E-state index contributed by atoms with van der Waals surface area (Å²) in [6.07, 6.45) is 1.13. The van der Waals surface area contributed by atoms with Gasteiger partial charge in [0.1, 0.15) is 23.2 Å². The normalized spacial score (nSPS) is 18.5. The monoisotopic (exact) mass is 581 g/mol. The van der Waals surface area contributed by atoms with Crippen LogP contribution in [-0.4, -0.2) is 82.5 Å². The van der Waals surface area contributed by atoms with Crippen LogP contribution in [0.15, 0.2) is 30.6 Å². The molecule has 0 amide bonds. The summed E-state index contributed by atoms with van der Waals surface area (Å²) in [5, 5.41) is 7.68. The van der Waals surface area contributed by atoms with Gasteiger partial charge < -0.3 is 18.9 Å². The van der Waals surface area contributed by atoms with E-state index in [1.54, 1.807) is 36.6 Å². The van der Waals surface area contributed by atoms with Crippen molar-refractivity contribution in [2.24, 2.45) is 0 Å². The molecule has 39 heavy (non-hydrogen) atoms. The van der Waals surface area contributed by atoms with Crippen molar-refractivity contribution in [1.82, 2.24) is 29.7 Å². The van der Waals surface area contributed by atoms with Crippen LogP contribution >= 0.6 is 11.6 Å². The lowest BCUT2D eigenvalue weighted by Gasteiger charge is -2.30. The Morgan fingerprint density at radius 2 is 1.87 bits per heavy atom. The van der Waals surface area contributed by atoms with Gasteiger partial charge in [-0.1, -0.05) is 17.7 Å². The molecule has 3 aromatic rings. The molecule has 0 bridgehead atoms. The van der Waals surface area contributed by atoms with Crippen LogP contribution in [0.3, 0.4) is 0 Å². The maximum Gasteiger partial charge on any atom is 0.240 e. The van der Waals surface area contributed by atoms with E-state index >= 15 is 0 Å². The molecule has 0 radical (unpaired) electrons. The Kier molecular flexibility index (Phi) is 9.33. The van der Waals surface area contributed by atoms with Gasteiger partial charge in [0.2, 0.25) is 21.9 Å². The highest BCUT2D eigenvalue weighted by molar-refractivity contribution is 7.93. The fourth-order valence-corrected chi connectivity index (χ4v) is 5.24. The smallest absolute Gasteiger partial charge is 0.240 e. The van der Waals surface area contributed by atoms with E-state index in [4.69, 9.17) is 30.5 Å². The number of halogens is 1. The number of methoxy groups -OCH3 is 1. The van der Waals surface area contributed by atoms with Crippen molar-refractivity contribution in [3.8, 4) is 17.4 Å². The highest BCUT2D eigenvalue weighted by Gasteiger charge is 2.37. The lowest BCUT2D eigenvalue weighted by molar-refractivity contribution is -0.104. The molecule has 13 nitrogen and oxygen atoms in total. The SMILES string of the molecule is COc1cccc(-c2nnc(NS(=O)(=O)[C@@H](C)[C@@H](OC(C)C)c3ncc(Cl)cn3)n2[C@H](C)[C@@H]2COCCO2)n1. The predicted molar refractivity (Wildman–Crippen MR) is 143 cm³/mol. The second-order valence-electron chi connectivity index (χ2n) is 9.22. The summed E-state index contributed by atoms with van der Waals surface area (Å²) in [6.45, 7) is 8.21. The summed E-state index contributed by atoms with van der Waals surface area (Å²) < 4.78 is 54.4. The Hall–Kier alpha value is -2.91. The van der Waals surface area contributed by atoms with Gasteiger partial charge in [0, 0.05) is 18.5 Å². The molecule has 1 aliphatic rings. The quantitative estimate of drug-likeness (QED) is 0.355. The zero-order chi connectivity index (χ0) is 28.2. The Labute approximate surface area is 232 Å². The molecule has 15 heteroatoms. The number of sulfonamides is 1. The lowest BCUT2D eigenvalue weighted by Crippen LogP contribution is -2.37. The molecular formula is C24H32ClN7O6S. The molecule has 4 atom stereocenters. The Morgan fingerprint density at radius 1 is 1.13 bits per heavy atom. The van der Waals surface area contributed by atoms with Crippen molar-refractivity contribution in [3.05, 3.63) is 41.4 Å². The standard InChI is InChI=1S/C24H32ClN7O6S/c1-14(2)38-21(22-26-11-17(25)12-27-22)16(4)39(33,34)31-24-30-29-23(18-7-6-8-20(28-18)35-5)32(24)15(3)19-13-36-9-10-37-19/h6-8,11-12,14-16,19,21H,9-10,13H2,1-5H3,(H,30,31)/t15-,16+,19+,21-/m1/s1. The number of ether oxygens (including phenoxy) is 4. The fraction of sp³-hybridized carbons (Fsp3) is 0.542. The first kappa shape index (κ1) is 29.1. The van der Waals surface area contributed by atoms with Crippen LogP contribution < -0.4 is 9.46 Å². The van der Waals surface area contributed by atoms with E-state index in [9.17, 15) is 8.42 Å². The molecule has 1 aliphatic heterocycles. The van der Waals surface area contributed by atoms with E-state index in [1.165, 1.54) is 26.4 Å². The summed E-state index contributed by atoms with van der Waals surface area (Å²) in [6, 6.07) is 4.78. The highest BCUT2D eigenvalue weighted by Crippen LogP contribution is 2.31. The number of nitrogens with one attached hydrogen (secondary N) is 1. The molecular weight excluding hydrogens is 550 g/mol. The highest BCUT2D eigenvalue weighted by atomic mass is 35.5. The fourth-order valence-electron chi connectivity index (χ4n) is 4.05. The maximum atomic E-state index is 13.7. The minimum Gasteiger partial charge on any atom is -0.481 e. The molecule has 3 aromatic heterocycles. The number of rotatable bonds is 11. The molecule has 4 rings (SSSR count). The predicted octanol–water partition coefficient (Wildman–Crippen LogP) is 3.07. The van der Waals surface area contributed by atoms with Gasteiger partial charge in [0.15, 0.2) is 11.6 Å². The lowest BCUT2D eigenvalue weighted by atomic mass is 10.1. The van der Waals surface area contributed by atoms with Crippen LogP contribution in [0.4, 0.5) is 5.95 Å². The van der Waals surface area contributed by atoms with E-state index in [-0.39, 0.29) is 24.0 Å². The van der Waals surface area contributed by atoms with Gasteiger partial charge in [-0.15, -0.1) is 10.2 Å². The van der Waals surface area contributed by atoms with Gasteiger partial charge in [0.25, 0.3) is 0 Å². The number of pyridine rings is 1. The molecule has 1 N–H and O–H groups in total. The summed E-state index contributed by atoms with van der Waals surface area (Å²) in [5.41, 5.74) is 0.444. The average molecular weight is 582 g/mol. The molecule has 0 aliphatic carbocycles. The third-order valence-corrected chi connectivity index (χ3v) is 8.00. The first-order chi connectivity index (χ1) is 18.6. The minimum atomic E-state index is -4.11. The second-order valence-corrected chi connectivity index (χ2v) is 11.7. The second kappa shape index (κ2) is 12.5. The summed E-state index contributed by atoms with van der Waals surface area (Å²) in [5.74, 6) is 0.884. The van der Waals surface area contributed by atoms with E-state index in [2.05, 4.69) is 29.9 Å². The summed E-state index contributed by atoms with van der Waals surface area (Å²) in [4.78, 5) is 12.9. The van der Waals surface area contributed by atoms with E-state index < -0.39 is 27.4 Å². The van der Waals surface area contributed by atoms with Gasteiger partial charge in [-0.25, -0.2) is 23.4 Å². The molecule has 212 valence electrons. The van der Waals surface area contributed by atoms with Gasteiger partial charge in [-0.3, -0.25) is 9.29 Å². The average Bonchev–Trinajstić information content (AvgIpc) is 3.34. The van der Waals surface area contributed by atoms with Crippen LogP contribution in [0.25, 0.3) is 11.5 Å². The number of aromatic nitrogens is 6. The summed E-state index contributed by atoms with van der Waals surface area (Å²) >= 11 is 5.94. The van der Waals surface area contributed by atoms with Crippen molar-refractivity contribution in [3.63, 3.8) is 0 Å². The van der Waals surface area contributed by atoms with Crippen molar-refractivity contribution in [1.29, 1.82) is 0 Å².